The zero-order valence-corrected chi connectivity index (χ0v) is 10.2. The Bertz CT molecular complexity index is 735. The van der Waals surface area contributed by atoms with Gasteiger partial charge in [-0.25, -0.2) is 9.78 Å². The summed E-state index contributed by atoms with van der Waals surface area (Å²) in [5.74, 6) is -0.504. The van der Waals surface area contributed by atoms with E-state index < -0.39 is 5.97 Å². The molecule has 0 saturated carbocycles. The molecule has 0 radical (unpaired) electrons. The Morgan fingerprint density at radius 2 is 2.21 bits per heavy atom. The minimum Gasteiger partial charge on any atom is -0.464 e. The number of fused-ring (bicyclic) bond motifs is 1. The van der Waals surface area contributed by atoms with Crippen molar-refractivity contribution in [2.75, 3.05) is 7.11 Å². The molecule has 3 aromatic heterocycles. The van der Waals surface area contributed by atoms with Gasteiger partial charge in [0, 0.05) is 17.6 Å². The Morgan fingerprint density at radius 1 is 1.32 bits per heavy atom. The number of aromatic nitrogens is 2. The van der Waals surface area contributed by atoms with Crippen LogP contribution in [0.1, 0.15) is 10.5 Å². The number of rotatable bonds is 2. The van der Waals surface area contributed by atoms with Crippen molar-refractivity contribution in [3.05, 3.63) is 48.5 Å². The number of hydrogen-bond donors (Lipinski definition) is 0. The average molecular weight is 254 g/mol. The number of methoxy groups -OCH3 is 1. The molecule has 0 aliphatic heterocycles. The molecule has 0 fully saturated rings. The monoisotopic (exact) mass is 254 g/mol. The van der Waals surface area contributed by atoms with Gasteiger partial charge >= 0.3 is 5.97 Å². The van der Waals surface area contributed by atoms with Crippen LogP contribution in [0, 0.1) is 0 Å². The molecule has 0 spiro atoms. The fraction of sp³-hybridized carbons (Fsp3) is 0.0714. The number of esters is 1. The predicted molar refractivity (Wildman–Crippen MR) is 68.6 cm³/mol. The van der Waals surface area contributed by atoms with Gasteiger partial charge in [-0.1, -0.05) is 6.07 Å². The Hall–Kier alpha value is -2.69. The van der Waals surface area contributed by atoms with Gasteiger partial charge in [0.2, 0.25) is 0 Å². The molecule has 3 rings (SSSR count). The normalized spacial score (nSPS) is 10.6. The van der Waals surface area contributed by atoms with Crippen LogP contribution in [0.3, 0.4) is 0 Å². The number of ether oxygens (including phenoxy) is 1. The summed E-state index contributed by atoms with van der Waals surface area (Å²) < 4.78 is 10.0. The minimum atomic E-state index is -0.504. The maximum absolute atomic E-state index is 11.6. The first-order valence-electron chi connectivity index (χ1n) is 5.67. The van der Waals surface area contributed by atoms with Crippen molar-refractivity contribution in [2.45, 2.75) is 0 Å². The number of carbonyl (C=O) groups excluding carboxylic acids is 1. The fourth-order valence-corrected chi connectivity index (χ4v) is 1.87. The molecule has 0 aromatic carbocycles. The number of carbonyl (C=O) groups is 1. The lowest BCUT2D eigenvalue weighted by Gasteiger charge is -2.04. The second kappa shape index (κ2) is 4.53. The molecule has 0 bridgehead atoms. The van der Waals surface area contributed by atoms with Gasteiger partial charge in [0.25, 0.3) is 0 Å². The van der Waals surface area contributed by atoms with E-state index in [0.29, 0.717) is 17.0 Å². The highest BCUT2D eigenvalue weighted by molar-refractivity contribution is 5.97. The van der Waals surface area contributed by atoms with Crippen LogP contribution in [0.15, 0.2) is 47.2 Å². The summed E-state index contributed by atoms with van der Waals surface area (Å²) in [6.07, 6.45) is 3.23. The van der Waals surface area contributed by atoms with Gasteiger partial charge in [-0.05, 0) is 18.2 Å². The molecule has 3 heterocycles. The maximum Gasteiger partial charge on any atom is 0.356 e. The van der Waals surface area contributed by atoms with Gasteiger partial charge in [-0.2, -0.15) is 0 Å². The first kappa shape index (κ1) is 11.4. The van der Waals surface area contributed by atoms with Crippen molar-refractivity contribution in [3.8, 4) is 11.4 Å². The molecule has 0 N–H and O–H groups in total. The zero-order valence-electron chi connectivity index (χ0n) is 10.2. The Balaban J connectivity index is 2.27. The maximum atomic E-state index is 11.6. The summed E-state index contributed by atoms with van der Waals surface area (Å²) >= 11 is 0. The lowest BCUT2D eigenvalue weighted by atomic mass is 10.1. The zero-order chi connectivity index (χ0) is 13.2. The van der Waals surface area contributed by atoms with Crippen LogP contribution in [0.4, 0.5) is 0 Å². The van der Waals surface area contributed by atoms with E-state index in [-0.39, 0.29) is 5.69 Å². The number of pyridine rings is 2. The Morgan fingerprint density at radius 3 is 2.95 bits per heavy atom. The molecule has 3 aromatic rings. The molecule has 5 nitrogen and oxygen atoms in total. The quantitative estimate of drug-likeness (QED) is 0.658. The van der Waals surface area contributed by atoms with Crippen molar-refractivity contribution >= 4 is 16.9 Å². The van der Waals surface area contributed by atoms with Crippen molar-refractivity contribution in [1.82, 2.24) is 9.97 Å². The molecule has 5 heteroatoms. The summed E-state index contributed by atoms with van der Waals surface area (Å²) in [7, 11) is 1.32. The Labute approximate surface area is 108 Å². The number of nitrogens with zero attached hydrogens (tertiary/aromatic N) is 2. The van der Waals surface area contributed by atoms with Gasteiger partial charge in [-0.3, -0.25) is 4.98 Å². The second-order valence-corrected chi connectivity index (χ2v) is 3.90. The summed E-state index contributed by atoms with van der Waals surface area (Å²) in [4.78, 5) is 20.2. The average Bonchev–Trinajstić information content (AvgIpc) is 2.94. The van der Waals surface area contributed by atoms with Gasteiger partial charge in [0.05, 0.1) is 19.1 Å². The van der Waals surface area contributed by atoms with Gasteiger partial charge in [0.1, 0.15) is 11.3 Å². The fourth-order valence-electron chi connectivity index (χ4n) is 1.87. The third-order valence-corrected chi connectivity index (χ3v) is 2.75. The van der Waals surface area contributed by atoms with Crippen LogP contribution >= 0.6 is 0 Å². The third-order valence-electron chi connectivity index (χ3n) is 2.75. The lowest BCUT2D eigenvalue weighted by Crippen LogP contribution is -2.05. The van der Waals surface area contributed by atoms with E-state index in [4.69, 9.17) is 4.42 Å². The van der Waals surface area contributed by atoms with Gasteiger partial charge < -0.3 is 9.15 Å². The van der Waals surface area contributed by atoms with Crippen LogP contribution < -0.4 is 0 Å². The molecular formula is C14H10N2O3. The highest BCUT2D eigenvalue weighted by Gasteiger charge is 2.15. The highest BCUT2D eigenvalue weighted by atomic mass is 16.5. The van der Waals surface area contributed by atoms with Gasteiger partial charge in [0.15, 0.2) is 5.69 Å². The standard InChI is InChI=1S/C14H10N2O3/c1-18-14(17)11-8-12-9(5-7-19-12)13(16-11)10-4-2-3-6-15-10/h2-8H,1H3. The Kier molecular flexibility index (Phi) is 2.72. The van der Waals surface area contributed by atoms with E-state index in [9.17, 15) is 4.79 Å². The highest BCUT2D eigenvalue weighted by Crippen LogP contribution is 2.27. The number of furan rings is 1. The predicted octanol–water partition coefficient (Wildman–Crippen LogP) is 2.68. The molecular weight excluding hydrogens is 244 g/mol. The van der Waals surface area contributed by atoms with E-state index in [1.807, 2.05) is 18.2 Å². The summed E-state index contributed by atoms with van der Waals surface area (Å²) in [6.45, 7) is 0. The lowest BCUT2D eigenvalue weighted by molar-refractivity contribution is 0.0594. The van der Waals surface area contributed by atoms with Crippen LogP contribution in [0.5, 0.6) is 0 Å². The van der Waals surface area contributed by atoms with Crippen LogP contribution in [0.2, 0.25) is 0 Å². The first-order valence-corrected chi connectivity index (χ1v) is 5.67. The van der Waals surface area contributed by atoms with Crippen LogP contribution in [-0.4, -0.2) is 23.0 Å². The summed E-state index contributed by atoms with van der Waals surface area (Å²) in [5.41, 5.74) is 2.06. The molecule has 0 saturated heterocycles. The molecule has 0 amide bonds. The molecule has 19 heavy (non-hydrogen) atoms. The van der Waals surface area contributed by atoms with Crippen LogP contribution in [0.25, 0.3) is 22.4 Å². The molecule has 0 aliphatic carbocycles. The van der Waals surface area contributed by atoms with E-state index >= 15 is 0 Å². The third kappa shape index (κ3) is 1.95. The molecule has 94 valence electrons. The molecule has 0 aliphatic rings. The topological polar surface area (TPSA) is 65.2 Å². The number of hydrogen-bond acceptors (Lipinski definition) is 5. The van der Waals surface area contributed by atoms with E-state index in [2.05, 4.69) is 14.7 Å². The van der Waals surface area contributed by atoms with Crippen molar-refractivity contribution in [2.24, 2.45) is 0 Å². The van der Waals surface area contributed by atoms with E-state index in [0.717, 1.165) is 5.39 Å². The van der Waals surface area contributed by atoms with Crippen molar-refractivity contribution in [1.29, 1.82) is 0 Å². The minimum absolute atomic E-state index is 0.200. The van der Waals surface area contributed by atoms with E-state index in [1.54, 1.807) is 24.6 Å². The van der Waals surface area contributed by atoms with Gasteiger partial charge in [-0.15, -0.1) is 0 Å². The van der Waals surface area contributed by atoms with Crippen LogP contribution in [-0.2, 0) is 4.74 Å². The van der Waals surface area contributed by atoms with E-state index in [1.165, 1.54) is 7.11 Å². The second-order valence-electron chi connectivity index (χ2n) is 3.90. The smallest absolute Gasteiger partial charge is 0.356 e. The van der Waals surface area contributed by atoms with Crippen molar-refractivity contribution in [3.63, 3.8) is 0 Å². The first-order chi connectivity index (χ1) is 9.29. The van der Waals surface area contributed by atoms with Crippen molar-refractivity contribution < 1.29 is 13.9 Å². The largest absolute Gasteiger partial charge is 0.464 e. The molecule has 0 unspecified atom stereocenters. The summed E-state index contributed by atoms with van der Waals surface area (Å²) in [5, 5.41) is 0.811. The molecule has 0 atom stereocenters. The summed E-state index contributed by atoms with van der Waals surface area (Å²) in [6, 6.07) is 8.87. The SMILES string of the molecule is COC(=O)c1cc2occc2c(-c2ccccn2)n1.